The van der Waals surface area contributed by atoms with Crippen molar-refractivity contribution in [3.05, 3.63) is 52.4 Å². The normalized spacial score (nSPS) is 18.2. The van der Waals surface area contributed by atoms with Gasteiger partial charge in [0.05, 0.1) is 10.6 Å². The summed E-state index contributed by atoms with van der Waals surface area (Å²) in [6.07, 6.45) is 10.1. The molecule has 32 heavy (non-hydrogen) atoms. The van der Waals surface area contributed by atoms with E-state index < -0.39 is 10.0 Å². The Morgan fingerprint density at radius 2 is 1.62 bits per heavy atom. The molecular formula is C23H31N5O3S. The van der Waals surface area contributed by atoms with Gasteiger partial charge in [-0.1, -0.05) is 25.7 Å². The Labute approximate surface area is 189 Å². The highest BCUT2D eigenvalue weighted by Crippen LogP contribution is 2.24. The zero-order chi connectivity index (χ0) is 22.6. The van der Waals surface area contributed by atoms with E-state index in [-0.39, 0.29) is 21.9 Å². The van der Waals surface area contributed by atoms with Crippen LogP contribution in [0, 0.1) is 5.41 Å². The van der Waals surface area contributed by atoms with Gasteiger partial charge in [-0.25, -0.2) is 8.42 Å². The van der Waals surface area contributed by atoms with Gasteiger partial charge in [0.2, 0.25) is 10.0 Å². The molecule has 0 spiro atoms. The van der Waals surface area contributed by atoms with Crippen molar-refractivity contribution < 1.29 is 8.42 Å². The Bertz CT molecular complexity index is 1100. The van der Waals surface area contributed by atoms with Gasteiger partial charge in [-0.05, 0) is 56.0 Å². The number of pyridine rings is 1. The van der Waals surface area contributed by atoms with Crippen LogP contribution in [0.4, 0.5) is 11.4 Å². The lowest BCUT2D eigenvalue weighted by atomic mass is 9.95. The molecule has 1 aliphatic carbocycles. The molecule has 2 fully saturated rings. The van der Waals surface area contributed by atoms with E-state index in [1.165, 1.54) is 23.6 Å². The number of hydrogen-bond acceptors (Lipinski definition) is 5. The summed E-state index contributed by atoms with van der Waals surface area (Å²) in [6, 6.07) is 8.46. The zero-order valence-electron chi connectivity index (χ0n) is 18.2. The van der Waals surface area contributed by atoms with E-state index in [2.05, 4.69) is 15.6 Å². The molecule has 0 radical (unpaired) electrons. The molecule has 172 valence electrons. The topological polar surface area (TPSA) is 118 Å². The van der Waals surface area contributed by atoms with Crippen LogP contribution in [0.15, 0.2) is 46.2 Å². The summed E-state index contributed by atoms with van der Waals surface area (Å²) in [6.45, 7) is 1.11. The fourth-order valence-electron chi connectivity index (χ4n) is 4.49. The van der Waals surface area contributed by atoms with Gasteiger partial charge in [-0.2, -0.15) is 4.31 Å². The van der Waals surface area contributed by atoms with Crippen LogP contribution in [0.1, 0.15) is 56.9 Å². The van der Waals surface area contributed by atoms with Crippen LogP contribution in [-0.2, 0) is 10.0 Å². The Morgan fingerprint density at radius 3 is 2.31 bits per heavy atom. The maximum atomic E-state index is 12.8. The largest absolute Gasteiger partial charge is 0.382 e. The van der Waals surface area contributed by atoms with Crippen LogP contribution < -0.4 is 16.2 Å². The van der Waals surface area contributed by atoms with E-state index >= 15 is 0 Å². The molecule has 1 saturated heterocycles. The number of piperidine rings is 1. The highest BCUT2D eigenvalue weighted by molar-refractivity contribution is 7.89. The summed E-state index contributed by atoms with van der Waals surface area (Å²) in [7, 11) is -3.50. The number of aromatic nitrogens is 1. The van der Waals surface area contributed by atoms with E-state index in [1.807, 2.05) is 0 Å². The summed E-state index contributed by atoms with van der Waals surface area (Å²) in [5, 5.41) is 14.9. The molecule has 4 N–H and O–H groups in total. The average Bonchev–Trinajstić information content (AvgIpc) is 2.81. The van der Waals surface area contributed by atoms with Crippen molar-refractivity contribution in [2.45, 2.75) is 62.3 Å². The van der Waals surface area contributed by atoms with Crippen LogP contribution in [0.2, 0.25) is 0 Å². The lowest BCUT2D eigenvalue weighted by Gasteiger charge is -2.26. The minimum Gasteiger partial charge on any atom is -0.382 e. The van der Waals surface area contributed by atoms with Gasteiger partial charge in [0.1, 0.15) is 11.4 Å². The zero-order valence-corrected chi connectivity index (χ0v) is 19.0. The molecule has 1 saturated carbocycles. The number of rotatable bonds is 6. The standard InChI is InChI=1S/C23H31N5O3S/c24-22(21-20(13-14-25-23(21)29)26-17-7-3-1-4-8-17)27-18-9-11-19(12-10-18)32(30,31)28-15-5-2-6-16-28/h9-14,17H,1-8,15-16H2,(H2,24,27)(H2,25,26,29). The van der Waals surface area contributed by atoms with Crippen molar-refractivity contribution in [1.29, 1.82) is 5.41 Å². The second-order valence-corrected chi connectivity index (χ2v) is 10.5. The number of H-pyrrole nitrogens is 1. The van der Waals surface area contributed by atoms with E-state index in [4.69, 9.17) is 5.41 Å². The minimum absolute atomic E-state index is 0.0307. The van der Waals surface area contributed by atoms with Gasteiger partial charge in [-0.15, -0.1) is 0 Å². The number of sulfonamides is 1. The van der Waals surface area contributed by atoms with Crippen molar-refractivity contribution in [3.63, 3.8) is 0 Å². The summed E-state index contributed by atoms with van der Waals surface area (Å²) in [4.78, 5) is 15.4. The molecule has 1 aromatic carbocycles. The van der Waals surface area contributed by atoms with Gasteiger partial charge in [0.25, 0.3) is 5.56 Å². The molecule has 0 amide bonds. The molecular weight excluding hydrogens is 426 g/mol. The molecule has 2 aliphatic rings. The van der Waals surface area contributed by atoms with Gasteiger partial charge in [0.15, 0.2) is 0 Å². The maximum absolute atomic E-state index is 12.8. The van der Waals surface area contributed by atoms with Crippen LogP contribution in [-0.4, -0.2) is 42.7 Å². The molecule has 2 heterocycles. The Kier molecular flexibility index (Phi) is 6.95. The third-order valence-corrected chi connectivity index (χ3v) is 8.16. The van der Waals surface area contributed by atoms with Gasteiger partial charge in [0, 0.05) is 31.0 Å². The Hall–Kier alpha value is -2.65. The molecule has 1 aromatic heterocycles. The average molecular weight is 458 g/mol. The number of anilines is 2. The smallest absolute Gasteiger partial charge is 0.261 e. The van der Waals surface area contributed by atoms with Gasteiger partial charge in [-0.3, -0.25) is 10.2 Å². The summed E-state index contributed by atoms with van der Waals surface area (Å²) in [5.41, 5.74) is 1.11. The number of aromatic amines is 1. The van der Waals surface area contributed by atoms with E-state index in [0.717, 1.165) is 32.1 Å². The maximum Gasteiger partial charge on any atom is 0.261 e. The van der Waals surface area contributed by atoms with Crippen LogP contribution in [0.5, 0.6) is 0 Å². The Balaban J connectivity index is 1.49. The molecule has 2 aromatic rings. The highest BCUT2D eigenvalue weighted by atomic mass is 32.2. The lowest BCUT2D eigenvalue weighted by molar-refractivity contribution is 0.346. The van der Waals surface area contributed by atoms with Crippen molar-refractivity contribution in [2.75, 3.05) is 23.7 Å². The van der Waals surface area contributed by atoms with Gasteiger partial charge >= 0.3 is 0 Å². The second-order valence-electron chi connectivity index (χ2n) is 8.56. The molecule has 0 bridgehead atoms. The van der Waals surface area contributed by atoms with Crippen molar-refractivity contribution >= 4 is 27.2 Å². The first-order chi connectivity index (χ1) is 15.4. The summed E-state index contributed by atoms with van der Waals surface area (Å²) in [5.74, 6) is -0.0307. The SMILES string of the molecule is N=C(Nc1ccc(S(=O)(=O)N2CCCCC2)cc1)c1c(NC2CCCCC2)cc[nH]c1=O. The molecule has 1 aliphatic heterocycles. The predicted molar refractivity (Wildman–Crippen MR) is 127 cm³/mol. The summed E-state index contributed by atoms with van der Waals surface area (Å²) < 4.78 is 27.2. The van der Waals surface area contributed by atoms with Crippen molar-refractivity contribution in [2.24, 2.45) is 0 Å². The second kappa shape index (κ2) is 9.87. The summed E-state index contributed by atoms with van der Waals surface area (Å²) >= 11 is 0. The molecule has 0 atom stereocenters. The molecule has 9 heteroatoms. The monoisotopic (exact) mass is 457 g/mol. The van der Waals surface area contributed by atoms with Crippen LogP contribution in [0.3, 0.4) is 0 Å². The van der Waals surface area contributed by atoms with E-state index in [9.17, 15) is 13.2 Å². The fourth-order valence-corrected chi connectivity index (χ4v) is 6.00. The highest BCUT2D eigenvalue weighted by Gasteiger charge is 2.26. The van der Waals surface area contributed by atoms with Crippen LogP contribution in [0.25, 0.3) is 0 Å². The van der Waals surface area contributed by atoms with E-state index in [0.29, 0.717) is 30.5 Å². The molecule has 8 nitrogen and oxygen atoms in total. The van der Waals surface area contributed by atoms with Crippen molar-refractivity contribution in [3.8, 4) is 0 Å². The minimum atomic E-state index is -3.50. The number of amidine groups is 1. The lowest BCUT2D eigenvalue weighted by Crippen LogP contribution is -2.35. The molecule has 0 unspecified atom stereocenters. The van der Waals surface area contributed by atoms with Crippen molar-refractivity contribution in [1.82, 2.24) is 9.29 Å². The number of nitrogens with one attached hydrogen (secondary N) is 4. The van der Waals surface area contributed by atoms with Gasteiger partial charge < -0.3 is 15.6 Å². The molecule has 4 rings (SSSR count). The predicted octanol–water partition coefficient (Wildman–Crippen LogP) is 3.73. The fraction of sp³-hybridized carbons (Fsp3) is 0.478. The first-order valence-electron chi connectivity index (χ1n) is 11.4. The van der Waals surface area contributed by atoms with Crippen LogP contribution >= 0.6 is 0 Å². The first-order valence-corrected chi connectivity index (χ1v) is 12.8. The number of hydrogen-bond donors (Lipinski definition) is 4. The first kappa shape index (κ1) is 22.5. The Morgan fingerprint density at radius 1 is 0.969 bits per heavy atom. The van der Waals surface area contributed by atoms with E-state index in [1.54, 1.807) is 36.5 Å². The quantitative estimate of drug-likeness (QED) is 0.389. The third kappa shape index (κ3) is 5.05. The number of nitrogens with zero attached hydrogens (tertiary/aromatic N) is 1. The third-order valence-electron chi connectivity index (χ3n) is 6.25. The number of benzene rings is 1.